The summed E-state index contributed by atoms with van der Waals surface area (Å²) in [5, 5.41) is 9.37. The van der Waals surface area contributed by atoms with Crippen molar-refractivity contribution in [1.82, 2.24) is 15.1 Å². The number of aromatic nitrogens is 2. The van der Waals surface area contributed by atoms with Crippen molar-refractivity contribution in [3.05, 3.63) is 51.8 Å². The standard InChI is InChI=1S/C16H21Cl2N3/c1-4-11(2)21-8-7-14(20-21)10-19-12(3)15-6-5-13(17)9-16(15)18/h5-9,11-12,19H,4,10H2,1-3H3. The fourth-order valence-corrected chi connectivity index (χ4v) is 2.70. The van der Waals surface area contributed by atoms with E-state index >= 15 is 0 Å². The van der Waals surface area contributed by atoms with Crippen molar-refractivity contribution >= 4 is 23.2 Å². The molecule has 5 heteroatoms. The van der Waals surface area contributed by atoms with Crippen LogP contribution in [0.2, 0.25) is 10.0 Å². The van der Waals surface area contributed by atoms with Gasteiger partial charge >= 0.3 is 0 Å². The van der Waals surface area contributed by atoms with Gasteiger partial charge in [0.1, 0.15) is 0 Å². The van der Waals surface area contributed by atoms with Crippen molar-refractivity contribution in [1.29, 1.82) is 0 Å². The van der Waals surface area contributed by atoms with E-state index in [9.17, 15) is 0 Å². The van der Waals surface area contributed by atoms with Gasteiger partial charge in [-0.2, -0.15) is 5.10 Å². The Kier molecular flexibility index (Phi) is 5.68. The first-order chi connectivity index (χ1) is 10.0. The molecule has 0 radical (unpaired) electrons. The summed E-state index contributed by atoms with van der Waals surface area (Å²) in [6.07, 6.45) is 3.11. The fraction of sp³-hybridized carbons (Fsp3) is 0.438. The average molecular weight is 326 g/mol. The summed E-state index contributed by atoms with van der Waals surface area (Å²) >= 11 is 12.1. The van der Waals surface area contributed by atoms with Gasteiger partial charge in [-0.05, 0) is 44.0 Å². The van der Waals surface area contributed by atoms with Gasteiger partial charge in [0.2, 0.25) is 0 Å². The maximum atomic E-state index is 6.23. The Morgan fingerprint density at radius 3 is 2.67 bits per heavy atom. The third-order valence-corrected chi connectivity index (χ3v) is 4.29. The molecule has 0 aliphatic rings. The van der Waals surface area contributed by atoms with Crippen LogP contribution in [0.5, 0.6) is 0 Å². The summed E-state index contributed by atoms with van der Waals surface area (Å²) in [5.41, 5.74) is 2.08. The molecule has 1 N–H and O–H groups in total. The van der Waals surface area contributed by atoms with E-state index in [1.807, 2.05) is 23.0 Å². The van der Waals surface area contributed by atoms with E-state index in [4.69, 9.17) is 23.2 Å². The van der Waals surface area contributed by atoms with Crippen LogP contribution in [0.3, 0.4) is 0 Å². The Bertz CT molecular complexity index is 595. The molecule has 0 fully saturated rings. The molecule has 2 aromatic rings. The fourth-order valence-electron chi connectivity index (χ4n) is 2.12. The second kappa shape index (κ2) is 7.30. The maximum absolute atomic E-state index is 6.23. The molecule has 3 nitrogen and oxygen atoms in total. The average Bonchev–Trinajstić information content (AvgIpc) is 2.92. The normalized spacial score (nSPS) is 14.1. The molecular weight excluding hydrogens is 305 g/mol. The number of nitrogens with one attached hydrogen (secondary N) is 1. The van der Waals surface area contributed by atoms with Crippen molar-refractivity contribution in [3.63, 3.8) is 0 Å². The number of benzene rings is 1. The Labute approximate surface area is 136 Å². The largest absolute Gasteiger partial charge is 0.304 e. The summed E-state index contributed by atoms with van der Waals surface area (Å²) < 4.78 is 2.01. The Balaban J connectivity index is 1.97. The number of hydrogen-bond donors (Lipinski definition) is 1. The lowest BCUT2D eigenvalue weighted by Crippen LogP contribution is -2.19. The van der Waals surface area contributed by atoms with E-state index in [2.05, 4.69) is 37.3 Å². The van der Waals surface area contributed by atoms with E-state index in [0.29, 0.717) is 22.6 Å². The number of rotatable bonds is 6. The lowest BCUT2D eigenvalue weighted by atomic mass is 10.1. The second-order valence-electron chi connectivity index (χ2n) is 5.31. The summed E-state index contributed by atoms with van der Waals surface area (Å²) in [6.45, 7) is 7.12. The van der Waals surface area contributed by atoms with E-state index in [1.165, 1.54) is 0 Å². The van der Waals surface area contributed by atoms with Crippen molar-refractivity contribution in [3.8, 4) is 0 Å². The minimum atomic E-state index is 0.142. The molecule has 0 aliphatic heterocycles. The van der Waals surface area contributed by atoms with Crippen molar-refractivity contribution < 1.29 is 0 Å². The van der Waals surface area contributed by atoms with Gasteiger partial charge in [0.25, 0.3) is 0 Å². The summed E-state index contributed by atoms with van der Waals surface area (Å²) in [4.78, 5) is 0. The molecular formula is C16H21Cl2N3. The highest BCUT2D eigenvalue weighted by atomic mass is 35.5. The first kappa shape index (κ1) is 16.3. The molecule has 0 aliphatic carbocycles. The van der Waals surface area contributed by atoms with Gasteiger partial charge in [0, 0.05) is 34.9 Å². The minimum Gasteiger partial charge on any atom is -0.304 e. The molecule has 0 spiro atoms. The number of nitrogens with zero attached hydrogens (tertiary/aromatic N) is 2. The Morgan fingerprint density at radius 2 is 2.00 bits per heavy atom. The molecule has 0 saturated carbocycles. The van der Waals surface area contributed by atoms with Gasteiger partial charge < -0.3 is 5.32 Å². The second-order valence-corrected chi connectivity index (χ2v) is 6.16. The quantitative estimate of drug-likeness (QED) is 0.808. The van der Waals surface area contributed by atoms with Crippen LogP contribution < -0.4 is 5.32 Å². The topological polar surface area (TPSA) is 29.9 Å². The van der Waals surface area contributed by atoms with Gasteiger partial charge in [0.15, 0.2) is 0 Å². The van der Waals surface area contributed by atoms with Gasteiger partial charge in [-0.25, -0.2) is 0 Å². The van der Waals surface area contributed by atoms with Crippen LogP contribution in [0.4, 0.5) is 0 Å². The van der Waals surface area contributed by atoms with Crippen LogP contribution in [0, 0.1) is 0 Å². The SMILES string of the molecule is CCC(C)n1ccc(CNC(C)c2ccc(Cl)cc2Cl)n1. The van der Waals surface area contributed by atoms with E-state index in [0.717, 1.165) is 17.7 Å². The van der Waals surface area contributed by atoms with Crippen molar-refractivity contribution in [2.75, 3.05) is 0 Å². The van der Waals surface area contributed by atoms with Gasteiger partial charge in [-0.3, -0.25) is 4.68 Å². The number of halogens is 2. The zero-order valence-electron chi connectivity index (χ0n) is 12.6. The van der Waals surface area contributed by atoms with Crippen LogP contribution in [-0.2, 0) is 6.54 Å². The molecule has 1 aromatic heterocycles. The third-order valence-electron chi connectivity index (χ3n) is 3.72. The van der Waals surface area contributed by atoms with E-state index in [1.54, 1.807) is 6.07 Å². The summed E-state index contributed by atoms with van der Waals surface area (Å²) in [7, 11) is 0. The smallest absolute Gasteiger partial charge is 0.0762 e. The van der Waals surface area contributed by atoms with Crippen LogP contribution in [0.15, 0.2) is 30.5 Å². The zero-order valence-corrected chi connectivity index (χ0v) is 14.1. The minimum absolute atomic E-state index is 0.142. The molecule has 21 heavy (non-hydrogen) atoms. The lowest BCUT2D eigenvalue weighted by molar-refractivity contribution is 0.468. The highest BCUT2D eigenvalue weighted by molar-refractivity contribution is 6.35. The first-order valence-corrected chi connectivity index (χ1v) is 7.99. The molecule has 2 unspecified atom stereocenters. The molecule has 0 amide bonds. The van der Waals surface area contributed by atoms with Crippen LogP contribution >= 0.6 is 23.2 Å². The molecule has 1 heterocycles. The summed E-state index contributed by atoms with van der Waals surface area (Å²) in [5.74, 6) is 0. The van der Waals surface area contributed by atoms with Crippen LogP contribution in [-0.4, -0.2) is 9.78 Å². The van der Waals surface area contributed by atoms with Crippen LogP contribution in [0.25, 0.3) is 0 Å². The van der Waals surface area contributed by atoms with Crippen molar-refractivity contribution in [2.45, 2.75) is 45.8 Å². The number of hydrogen-bond acceptors (Lipinski definition) is 2. The Hall–Kier alpha value is -1.03. The highest BCUT2D eigenvalue weighted by Crippen LogP contribution is 2.26. The molecule has 2 rings (SSSR count). The van der Waals surface area contributed by atoms with Crippen LogP contribution in [0.1, 0.15) is 50.5 Å². The first-order valence-electron chi connectivity index (χ1n) is 7.23. The third kappa shape index (κ3) is 4.22. The molecule has 0 saturated heterocycles. The van der Waals surface area contributed by atoms with Gasteiger partial charge in [-0.15, -0.1) is 0 Å². The maximum Gasteiger partial charge on any atom is 0.0762 e. The lowest BCUT2D eigenvalue weighted by Gasteiger charge is -2.15. The summed E-state index contributed by atoms with van der Waals surface area (Å²) in [6, 6.07) is 8.22. The van der Waals surface area contributed by atoms with E-state index < -0.39 is 0 Å². The highest BCUT2D eigenvalue weighted by Gasteiger charge is 2.11. The molecule has 0 bridgehead atoms. The van der Waals surface area contributed by atoms with E-state index in [-0.39, 0.29) is 6.04 Å². The predicted octanol–water partition coefficient (Wildman–Crippen LogP) is 5.01. The predicted molar refractivity (Wildman–Crippen MR) is 88.9 cm³/mol. The molecule has 114 valence electrons. The van der Waals surface area contributed by atoms with Crippen molar-refractivity contribution in [2.24, 2.45) is 0 Å². The zero-order chi connectivity index (χ0) is 15.4. The Morgan fingerprint density at radius 1 is 1.24 bits per heavy atom. The monoisotopic (exact) mass is 325 g/mol. The molecule has 1 aromatic carbocycles. The molecule has 2 atom stereocenters. The van der Waals surface area contributed by atoms with Gasteiger partial charge in [-0.1, -0.05) is 36.2 Å². The van der Waals surface area contributed by atoms with Gasteiger partial charge in [0.05, 0.1) is 5.69 Å².